The summed E-state index contributed by atoms with van der Waals surface area (Å²) in [5, 5.41) is 14.6. The quantitative estimate of drug-likeness (QED) is 0.148. The fraction of sp³-hybridized carbons (Fsp3) is 0.382. The molecule has 1 aromatic heterocycles. The van der Waals surface area contributed by atoms with Gasteiger partial charge in [-0.15, -0.1) is 0 Å². The lowest BCUT2D eigenvalue weighted by molar-refractivity contribution is -0.0395. The van der Waals surface area contributed by atoms with Crippen molar-refractivity contribution in [1.82, 2.24) is 9.47 Å². The van der Waals surface area contributed by atoms with E-state index in [1.165, 1.54) is 10.4 Å². The number of hydrogen-bond acceptors (Lipinski definition) is 4. The molecule has 216 valence electrons. The Morgan fingerprint density at radius 2 is 1.59 bits per heavy atom. The van der Waals surface area contributed by atoms with E-state index >= 15 is 0 Å². The van der Waals surface area contributed by atoms with Crippen molar-refractivity contribution in [3.63, 3.8) is 0 Å². The normalized spacial score (nSPS) is 19.8. The molecule has 0 saturated carbocycles. The van der Waals surface area contributed by atoms with Gasteiger partial charge in [0.05, 0.1) is 30.3 Å². The standard InChI is InChI=1S/C34H43N3O3Si/c1-6-36(7-2)25-35-29-19-14-20-30-28(29)21-22-37(30)33-23-31(38)32(40-33)24-39-41(34(3,4)5,26-15-10-8-11-16-26)27-17-12-9-13-18-27/h8-22,25,31-33,38H,6-7,23-24H2,1-5H3/t31-,32+,33+/m0/s1. The fourth-order valence-electron chi connectivity index (χ4n) is 6.07. The Morgan fingerprint density at radius 1 is 0.951 bits per heavy atom. The molecule has 1 fully saturated rings. The van der Waals surface area contributed by atoms with Gasteiger partial charge in [0.25, 0.3) is 8.32 Å². The summed E-state index contributed by atoms with van der Waals surface area (Å²) in [5.74, 6) is 0. The van der Waals surface area contributed by atoms with Crippen LogP contribution in [0, 0.1) is 0 Å². The van der Waals surface area contributed by atoms with Crippen molar-refractivity contribution < 1.29 is 14.3 Å². The number of aromatic nitrogens is 1. The molecule has 1 N–H and O–H groups in total. The lowest BCUT2D eigenvalue weighted by Gasteiger charge is -2.43. The van der Waals surface area contributed by atoms with Gasteiger partial charge in [0.1, 0.15) is 12.3 Å². The molecule has 41 heavy (non-hydrogen) atoms. The minimum absolute atomic E-state index is 0.142. The summed E-state index contributed by atoms with van der Waals surface area (Å²) in [5.41, 5.74) is 1.98. The smallest absolute Gasteiger partial charge is 0.261 e. The third kappa shape index (κ3) is 5.77. The van der Waals surface area contributed by atoms with E-state index in [4.69, 9.17) is 14.2 Å². The van der Waals surface area contributed by atoms with Crippen molar-refractivity contribution in [2.24, 2.45) is 4.99 Å². The van der Waals surface area contributed by atoms with Gasteiger partial charge in [0, 0.05) is 31.1 Å². The van der Waals surface area contributed by atoms with E-state index in [2.05, 4.69) is 105 Å². The predicted molar refractivity (Wildman–Crippen MR) is 171 cm³/mol. The zero-order valence-electron chi connectivity index (χ0n) is 24.9. The fourth-order valence-corrected chi connectivity index (χ4v) is 10.6. The van der Waals surface area contributed by atoms with Gasteiger partial charge in [0.2, 0.25) is 0 Å². The van der Waals surface area contributed by atoms with E-state index in [-0.39, 0.29) is 11.3 Å². The predicted octanol–water partition coefficient (Wildman–Crippen LogP) is 5.87. The molecule has 5 rings (SSSR count). The van der Waals surface area contributed by atoms with E-state index in [1.807, 2.05) is 36.8 Å². The monoisotopic (exact) mass is 569 g/mol. The number of benzene rings is 3. The maximum absolute atomic E-state index is 11.2. The molecular formula is C34H43N3O3Si. The van der Waals surface area contributed by atoms with Crippen LogP contribution in [0.2, 0.25) is 5.04 Å². The first-order chi connectivity index (χ1) is 19.8. The summed E-state index contributed by atoms with van der Waals surface area (Å²) in [6.45, 7) is 13.2. The summed E-state index contributed by atoms with van der Waals surface area (Å²) < 4.78 is 15.8. The highest BCUT2D eigenvalue weighted by Crippen LogP contribution is 2.39. The molecule has 4 aromatic rings. The van der Waals surface area contributed by atoms with E-state index in [0.29, 0.717) is 13.0 Å². The molecule has 6 nitrogen and oxygen atoms in total. The summed E-state index contributed by atoms with van der Waals surface area (Å²) in [4.78, 5) is 6.93. The maximum Gasteiger partial charge on any atom is 0.261 e. The Morgan fingerprint density at radius 3 is 2.17 bits per heavy atom. The number of aliphatic hydroxyl groups is 1. The molecule has 7 heteroatoms. The number of aliphatic hydroxyl groups excluding tert-OH is 1. The van der Waals surface area contributed by atoms with E-state index in [0.717, 1.165) is 29.7 Å². The molecule has 0 amide bonds. The van der Waals surface area contributed by atoms with Gasteiger partial charge >= 0.3 is 0 Å². The van der Waals surface area contributed by atoms with Crippen LogP contribution in [0.5, 0.6) is 0 Å². The Kier molecular flexibility index (Phi) is 8.80. The SMILES string of the molecule is CCN(C=Nc1cccc2c1ccn2[C@H]1C[C@H](O)[C@@H](CO[Si](c2ccccc2)(c2ccccc2)C(C)(C)C)O1)CC. The average Bonchev–Trinajstić information content (AvgIpc) is 3.58. The minimum Gasteiger partial charge on any atom is -0.405 e. The molecule has 0 spiro atoms. The van der Waals surface area contributed by atoms with Crippen LogP contribution in [0.15, 0.2) is 96.1 Å². The molecule has 0 unspecified atom stereocenters. The second-order valence-electron chi connectivity index (χ2n) is 11.8. The molecule has 0 radical (unpaired) electrons. The first kappa shape index (κ1) is 29.3. The highest BCUT2D eigenvalue weighted by atomic mass is 28.4. The number of nitrogens with zero attached hydrogens (tertiary/aromatic N) is 3. The second kappa shape index (κ2) is 12.3. The largest absolute Gasteiger partial charge is 0.405 e. The Balaban J connectivity index is 1.40. The van der Waals surface area contributed by atoms with Crippen LogP contribution >= 0.6 is 0 Å². The summed E-state index contributed by atoms with van der Waals surface area (Å²) in [6, 6.07) is 29.4. The van der Waals surface area contributed by atoms with Gasteiger partial charge in [-0.1, -0.05) is 87.5 Å². The molecule has 0 bridgehead atoms. The topological polar surface area (TPSA) is 59.2 Å². The zero-order chi connectivity index (χ0) is 29.0. The number of hydrogen-bond donors (Lipinski definition) is 1. The molecular weight excluding hydrogens is 526 g/mol. The molecule has 3 atom stereocenters. The minimum atomic E-state index is -2.73. The van der Waals surface area contributed by atoms with Gasteiger partial charge in [-0.05, 0) is 47.5 Å². The van der Waals surface area contributed by atoms with Gasteiger partial charge in [0.15, 0.2) is 0 Å². The Labute approximate surface area is 245 Å². The molecule has 1 aliphatic heterocycles. The third-order valence-electron chi connectivity index (χ3n) is 8.31. The molecule has 1 aliphatic rings. The van der Waals surface area contributed by atoms with Crippen molar-refractivity contribution in [3.8, 4) is 0 Å². The van der Waals surface area contributed by atoms with E-state index < -0.39 is 20.5 Å². The van der Waals surface area contributed by atoms with Crippen molar-refractivity contribution in [2.45, 2.75) is 64.5 Å². The first-order valence-corrected chi connectivity index (χ1v) is 16.7. The van der Waals surface area contributed by atoms with Crippen molar-refractivity contribution in [1.29, 1.82) is 0 Å². The van der Waals surface area contributed by atoms with Crippen molar-refractivity contribution in [3.05, 3.63) is 91.1 Å². The van der Waals surface area contributed by atoms with Crippen LogP contribution in [0.1, 0.15) is 47.3 Å². The van der Waals surface area contributed by atoms with Crippen LogP contribution in [-0.2, 0) is 9.16 Å². The van der Waals surface area contributed by atoms with Gasteiger partial charge in [-0.25, -0.2) is 4.99 Å². The number of rotatable bonds is 10. The summed E-state index contributed by atoms with van der Waals surface area (Å²) in [6.07, 6.45) is 3.13. The zero-order valence-corrected chi connectivity index (χ0v) is 25.9. The maximum atomic E-state index is 11.2. The summed E-state index contributed by atoms with van der Waals surface area (Å²) in [7, 11) is -2.73. The highest BCUT2D eigenvalue weighted by molar-refractivity contribution is 6.99. The van der Waals surface area contributed by atoms with Gasteiger partial charge in [-0.3, -0.25) is 0 Å². The Bertz CT molecular complexity index is 1410. The molecule has 1 saturated heterocycles. The lowest BCUT2D eigenvalue weighted by atomic mass is 10.2. The highest BCUT2D eigenvalue weighted by Gasteiger charge is 2.51. The first-order valence-electron chi connectivity index (χ1n) is 14.7. The van der Waals surface area contributed by atoms with Crippen molar-refractivity contribution in [2.75, 3.05) is 19.7 Å². The summed E-state index contributed by atoms with van der Waals surface area (Å²) >= 11 is 0. The van der Waals surface area contributed by atoms with E-state index in [9.17, 15) is 5.11 Å². The van der Waals surface area contributed by atoms with Crippen LogP contribution in [0.3, 0.4) is 0 Å². The van der Waals surface area contributed by atoms with Crippen molar-refractivity contribution >= 4 is 41.6 Å². The number of ether oxygens (including phenoxy) is 1. The molecule has 0 aliphatic carbocycles. The number of aliphatic imine (C=N–C) groups is 1. The Hall–Kier alpha value is -3.23. The van der Waals surface area contributed by atoms with Crippen LogP contribution in [-0.4, -0.2) is 61.1 Å². The van der Waals surface area contributed by atoms with Gasteiger partial charge < -0.3 is 23.7 Å². The lowest BCUT2D eigenvalue weighted by Crippen LogP contribution is -2.67. The molecule has 2 heterocycles. The number of fused-ring (bicyclic) bond motifs is 1. The van der Waals surface area contributed by atoms with E-state index in [1.54, 1.807) is 0 Å². The van der Waals surface area contributed by atoms with Gasteiger partial charge in [-0.2, -0.15) is 0 Å². The van der Waals surface area contributed by atoms with Crippen LogP contribution in [0.25, 0.3) is 10.9 Å². The average molecular weight is 570 g/mol. The third-order valence-corrected chi connectivity index (χ3v) is 13.3. The van der Waals surface area contributed by atoms with Crippen LogP contribution < -0.4 is 10.4 Å². The molecule has 3 aromatic carbocycles. The second-order valence-corrected chi connectivity index (χ2v) is 16.1. The van der Waals surface area contributed by atoms with Crippen LogP contribution in [0.4, 0.5) is 5.69 Å².